The number of nitrogens with zero attached hydrogens (tertiary/aromatic N) is 3. The summed E-state index contributed by atoms with van der Waals surface area (Å²) in [5, 5.41) is 13.5. The lowest BCUT2D eigenvalue weighted by molar-refractivity contribution is 1.18. The third-order valence-electron chi connectivity index (χ3n) is 4.25. The molecule has 0 atom stereocenters. The topological polar surface area (TPSA) is 49.1 Å². The summed E-state index contributed by atoms with van der Waals surface area (Å²) in [6, 6.07) is 22.2. The molecular formula is C23H24N4. The number of para-hydroxylation sites is 1. The van der Waals surface area contributed by atoms with E-state index in [1.165, 1.54) is 11.1 Å². The van der Waals surface area contributed by atoms with Gasteiger partial charge in [-0.25, -0.2) is 0 Å². The second-order valence-electron chi connectivity index (χ2n) is 6.73. The normalized spacial score (nSPS) is 11.8. The highest BCUT2D eigenvalue weighted by Gasteiger charge is 2.06. The molecule has 27 heavy (non-hydrogen) atoms. The maximum atomic E-state index is 4.51. The molecule has 0 saturated carbocycles. The third-order valence-corrected chi connectivity index (χ3v) is 4.25. The average Bonchev–Trinajstić information content (AvgIpc) is 2.65. The number of hydrazone groups is 1. The van der Waals surface area contributed by atoms with Gasteiger partial charge in [-0.15, -0.1) is 10.2 Å². The van der Waals surface area contributed by atoms with E-state index in [1.807, 2.05) is 54.6 Å². The largest absolute Gasteiger partial charge is 0.276 e. The van der Waals surface area contributed by atoms with Crippen molar-refractivity contribution >= 4 is 17.2 Å². The molecule has 1 N–H and O–H groups in total. The number of rotatable bonds is 4. The van der Waals surface area contributed by atoms with Crippen molar-refractivity contribution in [3.8, 4) is 0 Å². The van der Waals surface area contributed by atoms with Crippen molar-refractivity contribution in [1.82, 2.24) is 0 Å². The first-order valence-electron chi connectivity index (χ1n) is 8.98. The van der Waals surface area contributed by atoms with Gasteiger partial charge in [-0.3, -0.25) is 5.43 Å². The van der Waals surface area contributed by atoms with Gasteiger partial charge < -0.3 is 0 Å². The minimum atomic E-state index is 0.540. The SMILES string of the molecule is Cc1ccc(C(N=Nc2c(C)cc(C)cc2C)=NNc2ccccc2)cc1. The average molecular weight is 356 g/mol. The van der Waals surface area contributed by atoms with Crippen molar-refractivity contribution in [1.29, 1.82) is 0 Å². The highest BCUT2D eigenvalue weighted by Crippen LogP contribution is 2.25. The van der Waals surface area contributed by atoms with Crippen molar-refractivity contribution in [3.63, 3.8) is 0 Å². The van der Waals surface area contributed by atoms with E-state index < -0.39 is 0 Å². The van der Waals surface area contributed by atoms with Crippen molar-refractivity contribution in [3.05, 3.63) is 94.5 Å². The molecule has 4 heteroatoms. The van der Waals surface area contributed by atoms with Gasteiger partial charge in [-0.2, -0.15) is 5.10 Å². The Morgan fingerprint density at radius 1 is 0.741 bits per heavy atom. The highest BCUT2D eigenvalue weighted by atomic mass is 15.3. The van der Waals surface area contributed by atoms with Gasteiger partial charge in [0.1, 0.15) is 0 Å². The minimum Gasteiger partial charge on any atom is -0.276 e. The van der Waals surface area contributed by atoms with Crippen LogP contribution in [0.25, 0.3) is 0 Å². The van der Waals surface area contributed by atoms with Crippen molar-refractivity contribution < 1.29 is 0 Å². The van der Waals surface area contributed by atoms with Gasteiger partial charge in [0.25, 0.3) is 0 Å². The van der Waals surface area contributed by atoms with Gasteiger partial charge in [-0.1, -0.05) is 65.7 Å². The molecule has 0 saturated heterocycles. The van der Waals surface area contributed by atoms with Crippen LogP contribution < -0.4 is 5.43 Å². The van der Waals surface area contributed by atoms with Crippen LogP contribution in [0.1, 0.15) is 27.8 Å². The summed E-state index contributed by atoms with van der Waals surface area (Å²) in [5.74, 6) is 0.540. The second kappa shape index (κ2) is 8.41. The molecule has 3 aromatic carbocycles. The molecule has 0 aliphatic carbocycles. The Bertz CT molecular complexity index is 948. The smallest absolute Gasteiger partial charge is 0.201 e. The first kappa shape index (κ1) is 18.5. The highest BCUT2D eigenvalue weighted by molar-refractivity contribution is 5.99. The molecule has 0 aliphatic rings. The van der Waals surface area contributed by atoms with Crippen LogP contribution in [0, 0.1) is 27.7 Å². The fraction of sp³-hybridized carbons (Fsp3) is 0.174. The lowest BCUT2D eigenvalue weighted by atomic mass is 10.1. The fourth-order valence-corrected chi connectivity index (χ4v) is 2.90. The molecule has 0 heterocycles. The Labute approximate surface area is 160 Å². The summed E-state index contributed by atoms with van der Waals surface area (Å²) >= 11 is 0. The molecule has 3 aromatic rings. The van der Waals surface area contributed by atoms with Crippen LogP contribution in [-0.4, -0.2) is 5.84 Å². The Morgan fingerprint density at radius 3 is 2.00 bits per heavy atom. The number of hydrogen-bond donors (Lipinski definition) is 1. The van der Waals surface area contributed by atoms with E-state index in [0.717, 1.165) is 28.1 Å². The summed E-state index contributed by atoms with van der Waals surface area (Å²) < 4.78 is 0. The van der Waals surface area contributed by atoms with E-state index in [4.69, 9.17) is 0 Å². The molecule has 0 amide bonds. The molecule has 0 unspecified atom stereocenters. The minimum absolute atomic E-state index is 0.540. The maximum Gasteiger partial charge on any atom is 0.201 e. The number of hydrogen-bond acceptors (Lipinski definition) is 3. The number of azo groups is 1. The van der Waals surface area contributed by atoms with Gasteiger partial charge in [0.2, 0.25) is 5.84 Å². The van der Waals surface area contributed by atoms with Crippen LogP contribution in [0.4, 0.5) is 11.4 Å². The zero-order valence-corrected chi connectivity index (χ0v) is 16.2. The lowest BCUT2D eigenvalue weighted by Gasteiger charge is -2.07. The predicted molar refractivity (Wildman–Crippen MR) is 113 cm³/mol. The quantitative estimate of drug-likeness (QED) is 0.247. The molecule has 0 aliphatic heterocycles. The summed E-state index contributed by atoms with van der Waals surface area (Å²) in [5.41, 5.74) is 10.4. The lowest BCUT2D eigenvalue weighted by Crippen LogP contribution is -2.01. The van der Waals surface area contributed by atoms with E-state index in [1.54, 1.807) is 0 Å². The van der Waals surface area contributed by atoms with E-state index >= 15 is 0 Å². The van der Waals surface area contributed by atoms with Gasteiger partial charge in [0.15, 0.2) is 0 Å². The molecule has 0 spiro atoms. The van der Waals surface area contributed by atoms with E-state index in [9.17, 15) is 0 Å². The molecule has 0 radical (unpaired) electrons. The standard InChI is InChI=1S/C23H24N4/c1-16-10-12-20(13-11-16)23(26-24-21-8-6-5-7-9-21)27-25-22-18(3)14-17(2)15-19(22)4/h5-15,24H,1-4H3. The van der Waals surface area contributed by atoms with Crippen LogP contribution in [0.15, 0.2) is 82.1 Å². The summed E-state index contributed by atoms with van der Waals surface area (Å²) in [4.78, 5) is 0. The first-order chi connectivity index (χ1) is 13.0. The summed E-state index contributed by atoms with van der Waals surface area (Å²) in [6.07, 6.45) is 0. The van der Waals surface area contributed by atoms with E-state index in [2.05, 4.69) is 60.6 Å². The van der Waals surface area contributed by atoms with E-state index in [-0.39, 0.29) is 0 Å². The van der Waals surface area contributed by atoms with Crippen molar-refractivity contribution in [2.75, 3.05) is 5.43 Å². The first-order valence-corrected chi connectivity index (χ1v) is 8.98. The molecular weight excluding hydrogens is 332 g/mol. The Morgan fingerprint density at radius 2 is 1.37 bits per heavy atom. The number of aryl methyl sites for hydroxylation is 4. The fourth-order valence-electron chi connectivity index (χ4n) is 2.90. The molecule has 0 aromatic heterocycles. The second-order valence-corrected chi connectivity index (χ2v) is 6.73. The predicted octanol–water partition coefficient (Wildman–Crippen LogP) is 6.48. The van der Waals surface area contributed by atoms with Crippen LogP contribution in [0.3, 0.4) is 0 Å². The number of nitrogens with one attached hydrogen (secondary N) is 1. The molecule has 0 fully saturated rings. The van der Waals surface area contributed by atoms with Crippen molar-refractivity contribution in [2.24, 2.45) is 15.3 Å². The van der Waals surface area contributed by atoms with E-state index in [0.29, 0.717) is 5.84 Å². The Balaban J connectivity index is 1.96. The number of anilines is 1. The van der Waals surface area contributed by atoms with Crippen LogP contribution >= 0.6 is 0 Å². The van der Waals surface area contributed by atoms with Crippen LogP contribution in [0.2, 0.25) is 0 Å². The molecule has 3 rings (SSSR count). The zero-order chi connectivity index (χ0) is 19.2. The van der Waals surface area contributed by atoms with Crippen LogP contribution in [0.5, 0.6) is 0 Å². The van der Waals surface area contributed by atoms with Gasteiger partial charge in [-0.05, 0) is 51.0 Å². The third kappa shape index (κ3) is 4.88. The van der Waals surface area contributed by atoms with Gasteiger partial charge in [0.05, 0.1) is 11.4 Å². The molecule has 0 bridgehead atoms. The Hall–Kier alpha value is -3.27. The maximum absolute atomic E-state index is 4.51. The molecule has 136 valence electrons. The number of amidine groups is 1. The molecule has 4 nitrogen and oxygen atoms in total. The van der Waals surface area contributed by atoms with Crippen molar-refractivity contribution in [2.45, 2.75) is 27.7 Å². The summed E-state index contributed by atoms with van der Waals surface area (Å²) in [6.45, 7) is 8.26. The van der Waals surface area contributed by atoms with Gasteiger partial charge >= 0.3 is 0 Å². The monoisotopic (exact) mass is 356 g/mol. The van der Waals surface area contributed by atoms with Gasteiger partial charge in [0, 0.05) is 5.56 Å². The zero-order valence-electron chi connectivity index (χ0n) is 16.2. The number of benzene rings is 3. The summed E-state index contributed by atoms with van der Waals surface area (Å²) in [7, 11) is 0. The Kier molecular flexibility index (Phi) is 5.77. The van der Waals surface area contributed by atoms with Crippen LogP contribution in [-0.2, 0) is 0 Å².